The third-order valence-corrected chi connectivity index (χ3v) is 2.14. The van der Waals surface area contributed by atoms with Gasteiger partial charge in [-0.1, -0.05) is 6.07 Å². The predicted molar refractivity (Wildman–Crippen MR) is 63.7 cm³/mol. The van der Waals surface area contributed by atoms with Crippen LogP contribution in [0.2, 0.25) is 0 Å². The first-order valence-corrected chi connectivity index (χ1v) is 5.33. The Morgan fingerprint density at radius 3 is 2.71 bits per heavy atom. The van der Waals surface area contributed by atoms with Crippen molar-refractivity contribution in [2.24, 2.45) is 0 Å². The van der Waals surface area contributed by atoms with E-state index in [-0.39, 0.29) is 11.4 Å². The Kier molecular flexibility index (Phi) is 5.38. The Labute approximate surface area is 99.5 Å². The van der Waals surface area contributed by atoms with Gasteiger partial charge < -0.3 is 15.2 Å². The Balaban J connectivity index is 2.49. The quantitative estimate of drug-likeness (QED) is 0.339. The monoisotopic (exact) mass is 240 g/mol. The molecule has 0 fully saturated rings. The molecule has 1 rings (SSSR count). The second kappa shape index (κ2) is 6.82. The Morgan fingerprint density at radius 2 is 2.06 bits per heavy atom. The maximum absolute atomic E-state index is 10.7. The fourth-order valence-corrected chi connectivity index (χ4v) is 1.29. The van der Waals surface area contributed by atoms with E-state index in [1.807, 2.05) is 6.92 Å². The minimum Gasteiger partial charge on any atom is -0.393 e. The Hall–Kier alpha value is -1.66. The van der Waals surface area contributed by atoms with E-state index in [1.54, 1.807) is 6.07 Å². The number of hydrogen-bond donors (Lipinski definition) is 1. The van der Waals surface area contributed by atoms with Crippen LogP contribution in [0.25, 0.3) is 0 Å². The van der Waals surface area contributed by atoms with Crippen LogP contribution in [-0.4, -0.2) is 24.7 Å². The SMILES string of the molecule is CCOCCOCc1ccc(N)c([N+](=O)[O-])c1. The summed E-state index contributed by atoms with van der Waals surface area (Å²) in [5.41, 5.74) is 6.28. The molecule has 1 aromatic rings. The smallest absolute Gasteiger partial charge is 0.292 e. The molecule has 94 valence electrons. The summed E-state index contributed by atoms with van der Waals surface area (Å²) in [5.74, 6) is 0. The number of nitro benzene ring substituents is 1. The molecule has 0 atom stereocenters. The highest BCUT2D eigenvalue weighted by Crippen LogP contribution is 2.22. The normalized spacial score (nSPS) is 10.4. The second-order valence-corrected chi connectivity index (χ2v) is 3.40. The summed E-state index contributed by atoms with van der Waals surface area (Å²) in [6.45, 7) is 3.85. The van der Waals surface area contributed by atoms with E-state index < -0.39 is 4.92 Å². The van der Waals surface area contributed by atoms with Crippen LogP contribution in [0, 0.1) is 10.1 Å². The van der Waals surface area contributed by atoms with Gasteiger partial charge in [-0.05, 0) is 18.6 Å². The van der Waals surface area contributed by atoms with E-state index in [1.165, 1.54) is 12.1 Å². The molecule has 2 N–H and O–H groups in total. The number of nitrogens with zero attached hydrogens (tertiary/aromatic N) is 1. The number of anilines is 1. The van der Waals surface area contributed by atoms with Crippen molar-refractivity contribution in [3.8, 4) is 0 Å². The van der Waals surface area contributed by atoms with Crippen molar-refractivity contribution in [1.82, 2.24) is 0 Å². The number of nitrogen functional groups attached to an aromatic ring is 1. The molecule has 0 saturated carbocycles. The van der Waals surface area contributed by atoms with Gasteiger partial charge >= 0.3 is 0 Å². The third kappa shape index (κ3) is 4.38. The maximum Gasteiger partial charge on any atom is 0.292 e. The zero-order chi connectivity index (χ0) is 12.7. The average molecular weight is 240 g/mol. The third-order valence-electron chi connectivity index (χ3n) is 2.14. The largest absolute Gasteiger partial charge is 0.393 e. The highest BCUT2D eigenvalue weighted by molar-refractivity contribution is 5.59. The van der Waals surface area contributed by atoms with Crippen molar-refractivity contribution in [1.29, 1.82) is 0 Å². The van der Waals surface area contributed by atoms with Crippen LogP contribution in [0.1, 0.15) is 12.5 Å². The summed E-state index contributed by atoms with van der Waals surface area (Å²) in [4.78, 5) is 10.2. The summed E-state index contributed by atoms with van der Waals surface area (Å²) in [6, 6.07) is 4.65. The van der Waals surface area contributed by atoms with Gasteiger partial charge in [-0.2, -0.15) is 0 Å². The zero-order valence-corrected chi connectivity index (χ0v) is 9.72. The first kappa shape index (κ1) is 13.4. The van der Waals surface area contributed by atoms with Gasteiger partial charge in [0.05, 0.1) is 24.7 Å². The van der Waals surface area contributed by atoms with Gasteiger partial charge in [-0.25, -0.2) is 0 Å². The van der Waals surface area contributed by atoms with Gasteiger partial charge in [0.2, 0.25) is 0 Å². The minimum atomic E-state index is -0.501. The average Bonchev–Trinajstić information content (AvgIpc) is 2.30. The molecule has 0 amide bonds. The van der Waals surface area contributed by atoms with Gasteiger partial charge in [0.25, 0.3) is 5.69 Å². The molecule has 0 radical (unpaired) electrons. The molecule has 1 aromatic carbocycles. The van der Waals surface area contributed by atoms with E-state index in [4.69, 9.17) is 15.2 Å². The molecule has 0 unspecified atom stereocenters. The lowest BCUT2D eigenvalue weighted by Gasteiger charge is -2.05. The molecule has 0 bridgehead atoms. The Morgan fingerprint density at radius 1 is 1.35 bits per heavy atom. The number of hydrogen-bond acceptors (Lipinski definition) is 5. The van der Waals surface area contributed by atoms with Crippen LogP contribution in [0.4, 0.5) is 11.4 Å². The molecule has 0 aliphatic carbocycles. The second-order valence-electron chi connectivity index (χ2n) is 3.40. The summed E-state index contributed by atoms with van der Waals surface area (Å²) in [5, 5.41) is 10.7. The summed E-state index contributed by atoms with van der Waals surface area (Å²) < 4.78 is 10.4. The Bertz CT molecular complexity index is 382. The van der Waals surface area contributed by atoms with E-state index >= 15 is 0 Å². The molecular weight excluding hydrogens is 224 g/mol. The number of benzene rings is 1. The van der Waals surface area contributed by atoms with Crippen molar-refractivity contribution in [2.45, 2.75) is 13.5 Å². The van der Waals surface area contributed by atoms with E-state index in [9.17, 15) is 10.1 Å². The molecule has 0 heterocycles. The summed E-state index contributed by atoms with van der Waals surface area (Å²) in [7, 11) is 0. The van der Waals surface area contributed by atoms with Crippen molar-refractivity contribution in [3.05, 3.63) is 33.9 Å². The minimum absolute atomic E-state index is 0.0871. The van der Waals surface area contributed by atoms with Crippen LogP contribution in [-0.2, 0) is 16.1 Å². The van der Waals surface area contributed by atoms with E-state index in [0.717, 1.165) is 5.56 Å². The van der Waals surface area contributed by atoms with Crippen LogP contribution < -0.4 is 5.73 Å². The molecule has 6 nitrogen and oxygen atoms in total. The molecule has 0 aliphatic rings. The zero-order valence-electron chi connectivity index (χ0n) is 9.72. The molecule has 0 saturated heterocycles. The summed E-state index contributed by atoms with van der Waals surface area (Å²) in [6.07, 6.45) is 0. The van der Waals surface area contributed by atoms with Gasteiger partial charge in [0.1, 0.15) is 5.69 Å². The van der Waals surface area contributed by atoms with Crippen molar-refractivity contribution < 1.29 is 14.4 Å². The van der Waals surface area contributed by atoms with Gasteiger partial charge in [-0.3, -0.25) is 10.1 Å². The fourth-order valence-electron chi connectivity index (χ4n) is 1.29. The maximum atomic E-state index is 10.7. The highest BCUT2D eigenvalue weighted by atomic mass is 16.6. The van der Waals surface area contributed by atoms with Crippen molar-refractivity contribution >= 4 is 11.4 Å². The molecule has 0 aromatic heterocycles. The number of ether oxygens (including phenoxy) is 2. The number of nitrogens with two attached hydrogens (primary N) is 1. The van der Waals surface area contributed by atoms with Crippen molar-refractivity contribution in [3.63, 3.8) is 0 Å². The van der Waals surface area contributed by atoms with Crippen LogP contribution >= 0.6 is 0 Å². The lowest BCUT2D eigenvalue weighted by atomic mass is 10.2. The van der Waals surface area contributed by atoms with Gasteiger partial charge in [0, 0.05) is 12.7 Å². The van der Waals surface area contributed by atoms with Crippen molar-refractivity contribution in [2.75, 3.05) is 25.6 Å². The molecule has 6 heteroatoms. The summed E-state index contributed by atoms with van der Waals surface area (Å²) >= 11 is 0. The lowest BCUT2D eigenvalue weighted by Crippen LogP contribution is -2.04. The van der Waals surface area contributed by atoms with Crippen LogP contribution in [0.5, 0.6) is 0 Å². The molecular formula is C11H16N2O4. The van der Waals surface area contributed by atoms with Gasteiger partial charge in [0.15, 0.2) is 0 Å². The fraction of sp³-hybridized carbons (Fsp3) is 0.455. The highest BCUT2D eigenvalue weighted by Gasteiger charge is 2.11. The lowest BCUT2D eigenvalue weighted by molar-refractivity contribution is -0.384. The van der Waals surface area contributed by atoms with Gasteiger partial charge in [-0.15, -0.1) is 0 Å². The van der Waals surface area contributed by atoms with Crippen LogP contribution in [0.15, 0.2) is 18.2 Å². The van der Waals surface area contributed by atoms with Crippen LogP contribution in [0.3, 0.4) is 0 Å². The van der Waals surface area contributed by atoms with E-state index in [0.29, 0.717) is 26.4 Å². The van der Waals surface area contributed by atoms with E-state index in [2.05, 4.69) is 0 Å². The molecule has 17 heavy (non-hydrogen) atoms. The molecule has 0 aliphatic heterocycles. The number of rotatable bonds is 7. The topological polar surface area (TPSA) is 87.6 Å². The first-order valence-electron chi connectivity index (χ1n) is 5.33. The standard InChI is InChI=1S/C11H16N2O4/c1-2-16-5-6-17-8-9-3-4-10(12)11(7-9)13(14)15/h3-4,7H,2,5-6,8,12H2,1H3. The first-order chi connectivity index (χ1) is 8.15. The molecule has 0 spiro atoms. The number of nitro groups is 1. The predicted octanol–water partition coefficient (Wildman–Crippen LogP) is 1.73.